The summed E-state index contributed by atoms with van der Waals surface area (Å²) in [4.78, 5) is 8.98. The predicted octanol–water partition coefficient (Wildman–Crippen LogP) is 2.89. The molecule has 124 valence electrons. The molecule has 1 aromatic carbocycles. The quantitative estimate of drug-likeness (QED) is 0.726. The number of piperazine rings is 1. The summed E-state index contributed by atoms with van der Waals surface area (Å²) in [7, 11) is 0. The van der Waals surface area contributed by atoms with E-state index in [1.807, 2.05) is 29.8 Å². The second-order valence-corrected chi connectivity index (χ2v) is 6.31. The van der Waals surface area contributed by atoms with Gasteiger partial charge in [-0.15, -0.1) is 0 Å². The molecule has 4 rings (SSSR count). The number of para-hydroxylation sites is 1. The number of hydrogen-bond acceptors (Lipinski definition) is 4. The first-order valence-corrected chi connectivity index (χ1v) is 8.20. The second-order valence-electron chi connectivity index (χ2n) is 6.31. The first kappa shape index (κ1) is 14.9. The molecule has 24 heavy (non-hydrogen) atoms. The van der Waals surface area contributed by atoms with Crippen LogP contribution in [-0.4, -0.2) is 40.3 Å². The third-order valence-electron chi connectivity index (χ3n) is 4.58. The van der Waals surface area contributed by atoms with Gasteiger partial charge in [0.1, 0.15) is 11.3 Å². The summed E-state index contributed by atoms with van der Waals surface area (Å²) in [5.74, 6) is 0.781. The maximum Gasteiger partial charge on any atom is 0.155 e. The summed E-state index contributed by atoms with van der Waals surface area (Å²) in [6.45, 7) is 6.46. The topological polar surface area (TPSA) is 36.7 Å². The van der Waals surface area contributed by atoms with E-state index >= 15 is 0 Å². The van der Waals surface area contributed by atoms with Crippen molar-refractivity contribution >= 4 is 17.0 Å². The van der Waals surface area contributed by atoms with Crippen LogP contribution in [0, 0.1) is 12.7 Å². The predicted molar refractivity (Wildman–Crippen MR) is 93.1 cm³/mol. The van der Waals surface area contributed by atoms with E-state index in [-0.39, 0.29) is 11.9 Å². The zero-order valence-corrected chi connectivity index (χ0v) is 13.9. The lowest BCUT2D eigenvalue weighted by Gasteiger charge is -2.41. The van der Waals surface area contributed by atoms with E-state index < -0.39 is 0 Å². The zero-order chi connectivity index (χ0) is 16.7. The molecule has 1 atom stereocenters. The molecule has 1 aliphatic rings. The van der Waals surface area contributed by atoms with E-state index in [0.717, 1.165) is 36.7 Å². The molecule has 5 nitrogen and oxygen atoms in total. The summed E-state index contributed by atoms with van der Waals surface area (Å²) in [5.41, 5.74) is 2.67. The van der Waals surface area contributed by atoms with Crippen LogP contribution < -0.4 is 9.80 Å². The summed E-state index contributed by atoms with van der Waals surface area (Å²) in [5, 5.41) is 4.46. The fraction of sp³-hybridized carbons (Fsp3) is 0.333. The van der Waals surface area contributed by atoms with Gasteiger partial charge in [0.05, 0.1) is 11.4 Å². The number of aromatic nitrogens is 3. The van der Waals surface area contributed by atoms with Gasteiger partial charge in [-0.3, -0.25) is 0 Å². The fourth-order valence-electron chi connectivity index (χ4n) is 3.45. The van der Waals surface area contributed by atoms with E-state index in [9.17, 15) is 4.39 Å². The highest BCUT2D eigenvalue weighted by Gasteiger charge is 2.27. The average Bonchev–Trinajstić information content (AvgIpc) is 2.95. The number of rotatable bonds is 2. The molecule has 0 radical (unpaired) electrons. The Morgan fingerprint density at radius 1 is 1.21 bits per heavy atom. The second kappa shape index (κ2) is 5.78. The van der Waals surface area contributed by atoms with Gasteiger partial charge in [-0.1, -0.05) is 12.1 Å². The normalized spacial score (nSPS) is 18.4. The molecule has 1 unspecified atom stereocenters. The number of aryl methyl sites for hydroxylation is 1. The van der Waals surface area contributed by atoms with Gasteiger partial charge in [-0.05, 0) is 32.0 Å². The van der Waals surface area contributed by atoms with E-state index in [4.69, 9.17) is 0 Å². The molecule has 0 spiro atoms. The molecular weight excluding hydrogens is 305 g/mol. The van der Waals surface area contributed by atoms with Gasteiger partial charge in [0.15, 0.2) is 5.82 Å². The van der Waals surface area contributed by atoms with Crippen molar-refractivity contribution in [1.82, 2.24) is 14.6 Å². The first-order valence-electron chi connectivity index (χ1n) is 8.20. The molecule has 0 saturated carbocycles. The van der Waals surface area contributed by atoms with E-state index in [1.165, 1.54) is 6.07 Å². The molecule has 6 heteroatoms. The molecular formula is C18H20FN5. The highest BCUT2D eigenvalue weighted by Crippen LogP contribution is 2.27. The van der Waals surface area contributed by atoms with Crippen LogP contribution in [0.1, 0.15) is 12.6 Å². The Hall–Kier alpha value is -2.63. The Bertz CT molecular complexity index is 875. The Kier molecular flexibility index (Phi) is 3.59. The van der Waals surface area contributed by atoms with E-state index in [0.29, 0.717) is 5.69 Å². The van der Waals surface area contributed by atoms with Crippen LogP contribution in [-0.2, 0) is 0 Å². The van der Waals surface area contributed by atoms with E-state index in [1.54, 1.807) is 12.3 Å². The Morgan fingerprint density at radius 3 is 2.83 bits per heavy atom. The van der Waals surface area contributed by atoms with Crippen molar-refractivity contribution in [3.63, 3.8) is 0 Å². The maximum atomic E-state index is 14.1. The van der Waals surface area contributed by atoms with Crippen LogP contribution in [0.2, 0.25) is 0 Å². The highest BCUT2D eigenvalue weighted by atomic mass is 19.1. The third-order valence-corrected chi connectivity index (χ3v) is 4.58. The number of benzene rings is 1. The number of halogens is 1. The van der Waals surface area contributed by atoms with Crippen molar-refractivity contribution < 1.29 is 4.39 Å². The molecule has 0 amide bonds. The Morgan fingerprint density at radius 2 is 2.04 bits per heavy atom. The van der Waals surface area contributed by atoms with Crippen molar-refractivity contribution in [3.8, 4) is 0 Å². The van der Waals surface area contributed by atoms with Gasteiger partial charge in [0.2, 0.25) is 0 Å². The fourth-order valence-corrected chi connectivity index (χ4v) is 3.45. The van der Waals surface area contributed by atoms with Crippen molar-refractivity contribution in [2.24, 2.45) is 0 Å². The first-order chi connectivity index (χ1) is 11.6. The molecule has 3 heterocycles. The molecule has 1 aliphatic heterocycles. The summed E-state index contributed by atoms with van der Waals surface area (Å²) >= 11 is 0. The SMILES string of the molecule is Cc1cc2c(N3CCN(c4ccccc4F)CC3C)nccn2n1. The van der Waals surface area contributed by atoms with Crippen molar-refractivity contribution in [1.29, 1.82) is 0 Å². The van der Waals surface area contributed by atoms with Gasteiger partial charge >= 0.3 is 0 Å². The minimum Gasteiger partial charge on any atom is -0.365 e. The van der Waals surface area contributed by atoms with Gasteiger partial charge in [0.25, 0.3) is 0 Å². The van der Waals surface area contributed by atoms with Crippen LogP contribution in [0.5, 0.6) is 0 Å². The minimum atomic E-state index is -0.162. The van der Waals surface area contributed by atoms with Gasteiger partial charge in [-0.25, -0.2) is 13.9 Å². The van der Waals surface area contributed by atoms with Crippen LogP contribution in [0.3, 0.4) is 0 Å². The van der Waals surface area contributed by atoms with Gasteiger partial charge in [-0.2, -0.15) is 5.10 Å². The molecule has 1 fully saturated rings. The zero-order valence-electron chi connectivity index (χ0n) is 13.9. The van der Waals surface area contributed by atoms with Gasteiger partial charge in [0, 0.05) is 38.1 Å². The number of hydrogen-bond donors (Lipinski definition) is 0. The molecule has 0 aliphatic carbocycles. The van der Waals surface area contributed by atoms with Crippen molar-refractivity contribution in [2.45, 2.75) is 19.9 Å². The number of nitrogens with zero attached hydrogens (tertiary/aromatic N) is 5. The molecule has 1 saturated heterocycles. The minimum absolute atomic E-state index is 0.162. The Labute approximate surface area is 140 Å². The maximum absolute atomic E-state index is 14.1. The number of anilines is 2. The molecule has 0 N–H and O–H groups in total. The standard InChI is InChI=1S/C18H20FN5/c1-13-11-17-18(20-7-8-24(17)21-13)23-10-9-22(12-14(23)2)16-6-4-3-5-15(16)19/h3-8,11,14H,9-10,12H2,1-2H3. The molecule has 2 aromatic heterocycles. The van der Waals surface area contributed by atoms with Crippen molar-refractivity contribution in [2.75, 3.05) is 29.4 Å². The summed E-state index contributed by atoms with van der Waals surface area (Å²) in [6.07, 6.45) is 3.65. The Balaban J connectivity index is 1.62. The van der Waals surface area contributed by atoms with Gasteiger partial charge < -0.3 is 9.80 Å². The van der Waals surface area contributed by atoms with Crippen LogP contribution in [0.25, 0.3) is 5.52 Å². The largest absolute Gasteiger partial charge is 0.365 e. The summed E-state index contributed by atoms with van der Waals surface area (Å²) < 4.78 is 15.9. The summed E-state index contributed by atoms with van der Waals surface area (Å²) in [6, 6.07) is 9.25. The smallest absolute Gasteiger partial charge is 0.155 e. The van der Waals surface area contributed by atoms with Crippen LogP contribution in [0.15, 0.2) is 42.7 Å². The van der Waals surface area contributed by atoms with Crippen molar-refractivity contribution in [3.05, 3.63) is 54.2 Å². The van der Waals surface area contributed by atoms with Crippen LogP contribution >= 0.6 is 0 Å². The molecule has 3 aromatic rings. The highest BCUT2D eigenvalue weighted by molar-refractivity contribution is 5.70. The number of fused-ring (bicyclic) bond motifs is 1. The van der Waals surface area contributed by atoms with E-state index in [2.05, 4.69) is 32.9 Å². The van der Waals surface area contributed by atoms with Crippen LogP contribution in [0.4, 0.5) is 15.9 Å². The molecule has 0 bridgehead atoms. The lowest BCUT2D eigenvalue weighted by molar-refractivity contribution is 0.534. The third kappa shape index (κ3) is 2.48. The average molecular weight is 325 g/mol. The lowest BCUT2D eigenvalue weighted by atomic mass is 10.1. The monoisotopic (exact) mass is 325 g/mol. The lowest BCUT2D eigenvalue weighted by Crippen LogP contribution is -2.52.